The van der Waals surface area contributed by atoms with E-state index in [9.17, 15) is 9.59 Å². The van der Waals surface area contributed by atoms with Gasteiger partial charge in [-0.15, -0.1) is 0 Å². The Labute approximate surface area is 117 Å². The molecular weight excluding hydrogens is 240 g/mol. The Kier molecular flexibility index (Phi) is 6.70. The molecule has 0 aromatic rings. The maximum atomic E-state index is 12.2. The normalized spacial score (nSPS) is 14.1. The molecule has 0 rings (SSSR count). The Morgan fingerprint density at radius 2 is 1.79 bits per heavy atom. The van der Waals surface area contributed by atoms with Gasteiger partial charge >= 0.3 is 0 Å². The Bertz CT molecular complexity index is 306. The number of amides is 1. The summed E-state index contributed by atoms with van der Waals surface area (Å²) in [5.74, 6) is 0.0938. The topological polar surface area (TPSA) is 49.4 Å². The number of carbonyl (C=O) groups is 2. The Morgan fingerprint density at radius 3 is 2.16 bits per heavy atom. The first kappa shape index (κ1) is 18.1. The Morgan fingerprint density at radius 1 is 1.26 bits per heavy atom. The van der Waals surface area contributed by atoms with Gasteiger partial charge in [-0.3, -0.25) is 4.79 Å². The standard InChI is InChI=1S/C15H30N2O2/c1-14(2,3)12(16-6)11-17(7)13(19)10-15(4,5)8-9-18/h9,12,16H,8,10-11H2,1-7H3. The van der Waals surface area contributed by atoms with Crippen molar-refractivity contribution in [2.75, 3.05) is 20.6 Å². The lowest BCUT2D eigenvalue weighted by molar-refractivity contribution is -0.132. The van der Waals surface area contributed by atoms with Crippen LogP contribution in [0.2, 0.25) is 0 Å². The SMILES string of the molecule is CNC(CN(C)C(=O)CC(C)(C)CC=O)C(C)(C)C. The summed E-state index contributed by atoms with van der Waals surface area (Å²) in [6, 6.07) is 0.246. The minimum Gasteiger partial charge on any atom is -0.344 e. The molecule has 1 N–H and O–H groups in total. The summed E-state index contributed by atoms with van der Waals surface area (Å²) >= 11 is 0. The van der Waals surface area contributed by atoms with Crippen LogP contribution in [0.25, 0.3) is 0 Å². The minimum atomic E-state index is -0.260. The number of nitrogens with one attached hydrogen (secondary N) is 1. The summed E-state index contributed by atoms with van der Waals surface area (Å²) in [5, 5.41) is 3.27. The van der Waals surface area contributed by atoms with Gasteiger partial charge in [0.05, 0.1) is 0 Å². The second kappa shape index (κ2) is 7.04. The van der Waals surface area contributed by atoms with E-state index in [2.05, 4.69) is 26.1 Å². The molecule has 0 saturated heterocycles. The van der Waals surface area contributed by atoms with E-state index in [-0.39, 0.29) is 22.8 Å². The molecule has 0 aliphatic carbocycles. The molecule has 0 bridgehead atoms. The smallest absolute Gasteiger partial charge is 0.222 e. The van der Waals surface area contributed by atoms with Gasteiger partial charge < -0.3 is 15.0 Å². The Hall–Kier alpha value is -0.900. The van der Waals surface area contributed by atoms with E-state index < -0.39 is 0 Å². The van der Waals surface area contributed by atoms with Crippen molar-refractivity contribution in [1.29, 1.82) is 0 Å². The molecule has 0 aliphatic rings. The molecule has 112 valence electrons. The summed E-state index contributed by atoms with van der Waals surface area (Å²) in [6.45, 7) is 11.0. The molecular formula is C15H30N2O2. The van der Waals surface area contributed by atoms with Gasteiger partial charge in [0.15, 0.2) is 0 Å². The molecule has 0 aromatic carbocycles. The quantitative estimate of drug-likeness (QED) is 0.721. The van der Waals surface area contributed by atoms with Gasteiger partial charge in [0.25, 0.3) is 0 Å². The number of rotatable bonds is 7. The lowest BCUT2D eigenvalue weighted by atomic mass is 9.84. The molecule has 0 aliphatic heterocycles. The molecule has 19 heavy (non-hydrogen) atoms. The maximum absolute atomic E-state index is 12.2. The predicted molar refractivity (Wildman–Crippen MR) is 79.0 cm³/mol. The van der Waals surface area contributed by atoms with Crippen LogP contribution in [0, 0.1) is 10.8 Å². The van der Waals surface area contributed by atoms with E-state index in [1.807, 2.05) is 27.9 Å². The average molecular weight is 270 g/mol. The fourth-order valence-electron chi connectivity index (χ4n) is 2.02. The zero-order chi connectivity index (χ0) is 15.3. The number of carbonyl (C=O) groups excluding carboxylic acids is 2. The van der Waals surface area contributed by atoms with Crippen LogP contribution in [0.3, 0.4) is 0 Å². The molecule has 0 heterocycles. The summed E-state index contributed by atoms with van der Waals surface area (Å²) in [4.78, 5) is 24.5. The lowest BCUT2D eigenvalue weighted by Gasteiger charge is -2.34. The van der Waals surface area contributed by atoms with Crippen LogP contribution >= 0.6 is 0 Å². The van der Waals surface area contributed by atoms with E-state index >= 15 is 0 Å². The fourth-order valence-corrected chi connectivity index (χ4v) is 2.02. The molecule has 1 atom stereocenters. The molecule has 4 nitrogen and oxygen atoms in total. The number of likely N-dealkylation sites (N-methyl/N-ethyl adjacent to an activating group) is 2. The second-order valence-corrected chi connectivity index (χ2v) is 7.19. The van der Waals surface area contributed by atoms with Crippen molar-refractivity contribution in [1.82, 2.24) is 10.2 Å². The first-order valence-corrected chi connectivity index (χ1v) is 6.88. The van der Waals surface area contributed by atoms with Crippen molar-refractivity contribution in [3.63, 3.8) is 0 Å². The van der Waals surface area contributed by atoms with Crippen molar-refractivity contribution >= 4 is 12.2 Å². The van der Waals surface area contributed by atoms with Gasteiger partial charge in [-0.25, -0.2) is 0 Å². The molecule has 1 amide bonds. The van der Waals surface area contributed by atoms with Crippen LogP contribution < -0.4 is 5.32 Å². The number of hydrogen-bond donors (Lipinski definition) is 1. The monoisotopic (exact) mass is 270 g/mol. The molecule has 0 fully saturated rings. The molecule has 0 saturated carbocycles. The van der Waals surface area contributed by atoms with Crippen molar-refractivity contribution in [3.05, 3.63) is 0 Å². The van der Waals surface area contributed by atoms with Gasteiger partial charge in [-0.2, -0.15) is 0 Å². The highest BCUT2D eigenvalue weighted by Gasteiger charge is 2.28. The number of aldehydes is 1. The maximum Gasteiger partial charge on any atom is 0.222 e. The van der Waals surface area contributed by atoms with Gasteiger partial charge in [-0.1, -0.05) is 34.6 Å². The highest BCUT2D eigenvalue weighted by Crippen LogP contribution is 2.25. The highest BCUT2D eigenvalue weighted by molar-refractivity contribution is 5.77. The summed E-state index contributed by atoms with van der Waals surface area (Å²) in [5.41, 5.74) is -0.161. The molecule has 1 unspecified atom stereocenters. The molecule has 0 spiro atoms. The van der Waals surface area contributed by atoms with E-state index in [1.165, 1.54) is 0 Å². The molecule has 4 heteroatoms. The summed E-state index contributed by atoms with van der Waals surface area (Å²) in [6.07, 6.45) is 1.71. The number of nitrogens with zero attached hydrogens (tertiary/aromatic N) is 1. The van der Waals surface area contributed by atoms with Crippen molar-refractivity contribution in [2.24, 2.45) is 10.8 Å². The second-order valence-electron chi connectivity index (χ2n) is 7.19. The largest absolute Gasteiger partial charge is 0.344 e. The van der Waals surface area contributed by atoms with Crippen LogP contribution in [-0.2, 0) is 9.59 Å². The van der Waals surface area contributed by atoms with Gasteiger partial charge in [0, 0.05) is 32.5 Å². The third-order valence-corrected chi connectivity index (χ3v) is 3.54. The van der Waals surface area contributed by atoms with Crippen LogP contribution in [0.1, 0.15) is 47.5 Å². The predicted octanol–water partition coefficient (Wildman–Crippen LogP) is 2.08. The summed E-state index contributed by atoms with van der Waals surface area (Å²) < 4.78 is 0. The lowest BCUT2D eigenvalue weighted by Crippen LogP contribution is -2.48. The van der Waals surface area contributed by atoms with Crippen molar-refractivity contribution in [3.8, 4) is 0 Å². The van der Waals surface area contributed by atoms with Crippen LogP contribution in [0.15, 0.2) is 0 Å². The van der Waals surface area contributed by atoms with Crippen LogP contribution in [-0.4, -0.2) is 43.8 Å². The van der Waals surface area contributed by atoms with Crippen LogP contribution in [0.4, 0.5) is 0 Å². The molecule has 0 aromatic heterocycles. The van der Waals surface area contributed by atoms with Crippen molar-refractivity contribution in [2.45, 2.75) is 53.5 Å². The van der Waals surface area contributed by atoms with Gasteiger partial charge in [0.2, 0.25) is 5.91 Å². The van der Waals surface area contributed by atoms with Crippen molar-refractivity contribution < 1.29 is 9.59 Å². The van der Waals surface area contributed by atoms with E-state index in [1.54, 1.807) is 4.90 Å². The minimum absolute atomic E-state index is 0.0938. The van der Waals surface area contributed by atoms with E-state index in [0.29, 0.717) is 19.4 Å². The average Bonchev–Trinajstić information content (AvgIpc) is 2.22. The van der Waals surface area contributed by atoms with Gasteiger partial charge in [-0.05, 0) is 17.9 Å². The zero-order valence-corrected chi connectivity index (χ0v) is 13.5. The third kappa shape index (κ3) is 6.71. The van der Waals surface area contributed by atoms with E-state index in [4.69, 9.17) is 0 Å². The zero-order valence-electron chi connectivity index (χ0n) is 13.5. The fraction of sp³-hybridized carbons (Fsp3) is 0.867. The third-order valence-electron chi connectivity index (χ3n) is 3.54. The van der Waals surface area contributed by atoms with Crippen LogP contribution in [0.5, 0.6) is 0 Å². The summed E-state index contributed by atoms with van der Waals surface area (Å²) in [7, 11) is 3.75. The van der Waals surface area contributed by atoms with Gasteiger partial charge in [0.1, 0.15) is 6.29 Å². The van der Waals surface area contributed by atoms with E-state index in [0.717, 1.165) is 6.29 Å². The molecule has 0 radical (unpaired) electrons. The first-order valence-electron chi connectivity index (χ1n) is 6.88. The highest BCUT2D eigenvalue weighted by atomic mass is 16.2. The first-order chi connectivity index (χ1) is 8.53. The number of hydrogen-bond acceptors (Lipinski definition) is 3. The Balaban J connectivity index is 4.53.